The molecule has 1 aromatic heterocycles. The van der Waals surface area contributed by atoms with Crippen molar-refractivity contribution in [1.29, 1.82) is 0 Å². The number of rotatable bonds is 12. The average molecular weight is 306 g/mol. The van der Waals surface area contributed by atoms with E-state index in [1.54, 1.807) is 7.11 Å². The van der Waals surface area contributed by atoms with Crippen LogP contribution in [0.3, 0.4) is 0 Å². The van der Waals surface area contributed by atoms with Gasteiger partial charge in [0.1, 0.15) is 5.75 Å². The van der Waals surface area contributed by atoms with E-state index in [2.05, 4.69) is 18.8 Å². The number of unbranched alkanes of at least 4 members (excludes halogenated alkanes) is 6. The number of pyridine rings is 1. The molecule has 22 heavy (non-hydrogen) atoms. The third-order valence-corrected chi connectivity index (χ3v) is 4.40. The van der Waals surface area contributed by atoms with Crippen LogP contribution in [0.4, 0.5) is 5.69 Å². The van der Waals surface area contributed by atoms with Gasteiger partial charge in [0.05, 0.1) is 18.5 Å². The Hall–Kier alpha value is -1.25. The zero-order chi connectivity index (χ0) is 16.2. The molecule has 3 heteroatoms. The van der Waals surface area contributed by atoms with Gasteiger partial charge in [0.25, 0.3) is 0 Å². The van der Waals surface area contributed by atoms with Crippen LogP contribution in [-0.4, -0.2) is 12.1 Å². The molecule has 3 nitrogen and oxygen atoms in total. The first kappa shape index (κ1) is 18.8. The first-order valence-corrected chi connectivity index (χ1v) is 9.02. The highest BCUT2D eigenvalue weighted by Gasteiger charge is 2.17. The van der Waals surface area contributed by atoms with Gasteiger partial charge in [-0.05, 0) is 12.8 Å². The molecule has 2 N–H and O–H groups in total. The molecule has 0 radical (unpaired) electrons. The standard InChI is InChI=1S/C19H34N2O/c1-4-6-8-9-11-13-16(12-10-7-5-2)19-18(20)17(22-3)14-15-21-19/h14-16H,4-13,20H2,1-3H3. The number of aromatic nitrogens is 1. The van der Waals surface area contributed by atoms with E-state index in [1.165, 1.54) is 64.2 Å². The lowest BCUT2D eigenvalue weighted by atomic mass is 9.90. The molecule has 1 heterocycles. The SMILES string of the molecule is CCCCCCCC(CCCCC)c1nccc(OC)c1N. The fraction of sp³-hybridized carbons (Fsp3) is 0.737. The van der Waals surface area contributed by atoms with Crippen molar-refractivity contribution in [3.63, 3.8) is 0 Å². The second-order valence-corrected chi connectivity index (χ2v) is 6.21. The van der Waals surface area contributed by atoms with Gasteiger partial charge in [-0.15, -0.1) is 0 Å². The summed E-state index contributed by atoms with van der Waals surface area (Å²) in [6.45, 7) is 4.51. The molecule has 0 spiro atoms. The molecule has 1 aromatic rings. The van der Waals surface area contributed by atoms with Crippen LogP contribution in [-0.2, 0) is 0 Å². The maximum absolute atomic E-state index is 6.26. The van der Waals surface area contributed by atoms with Crippen LogP contribution in [0.2, 0.25) is 0 Å². The van der Waals surface area contributed by atoms with Crippen molar-refractivity contribution < 1.29 is 4.74 Å². The zero-order valence-electron chi connectivity index (χ0n) is 14.7. The minimum Gasteiger partial charge on any atom is -0.494 e. The highest BCUT2D eigenvalue weighted by Crippen LogP contribution is 2.34. The molecule has 0 aliphatic carbocycles. The van der Waals surface area contributed by atoms with Crippen LogP contribution in [0.5, 0.6) is 5.75 Å². The largest absolute Gasteiger partial charge is 0.494 e. The third-order valence-electron chi connectivity index (χ3n) is 4.40. The summed E-state index contributed by atoms with van der Waals surface area (Å²) in [5, 5.41) is 0. The maximum atomic E-state index is 6.26. The van der Waals surface area contributed by atoms with Gasteiger partial charge >= 0.3 is 0 Å². The summed E-state index contributed by atoms with van der Waals surface area (Å²) in [6, 6.07) is 1.85. The zero-order valence-corrected chi connectivity index (χ0v) is 14.7. The lowest BCUT2D eigenvalue weighted by Crippen LogP contribution is -2.07. The smallest absolute Gasteiger partial charge is 0.145 e. The highest BCUT2D eigenvalue weighted by atomic mass is 16.5. The molecule has 0 amide bonds. The van der Waals surface area contributed by atoms with Crippen LogP contribution in [0, 0.1) is 0 Å². The molecule has 0 saturated carbocycles. The van der Waals surface area contributed by atoms with Gasteiger partial charge in [-0.3, -0.25) is 4.98 Å². The van der Waals surface area contributed by atoms with Crippen molar-refractivity contribution in [3.8, 4) is 5.75 Å². The molecule has 0 aliphatic heterocycles. The van der Waals surface area contributed by atoms with E-state index in [0.29, 0.717) is 5.92 Å². The summed E-state index contributed by atoms with van der Waals surface area (Å²) in [4.78, 5) is 4.58. The van der Waals surface area contributed by atoms with Gasteiger partial charge in [-0.1, -0.05) is 65.2 Å². The van der Waals surface area contributed by atoms with Gasteiger partial charge in [0.15, 0.2) is 0 Å². The van der Waals surface area contributed by atoms with E-state index in [9.17, 15) is 0 Å². The minimum atomic E-state index is 0.475. The fourth-order valence-electron chi connectivity index (χ4n) is 3.03. The topological polar surface area (TPSA) is 48.1 Å². The molecule has 0 fully saturated rings. The number of ether oxygens (including phenoxy) is 1. The number of methoxy groups -OCH3 is 1. The van der Waals surface area contributed by atoms with E-state index in [1.807, 2.05) is 12.3 Å². The predicted octanol–water partition coefficient (Wildman–Crippen LogP) is 5.70. The average Bonchev–Trinajstić information content (AvgIpc) is 2.53. The van der Waals surface area contributed by atoms with Crippen LogP contribution < -0.4 is 10.5 Å². The molecule has 0 aromatic carbocycles. The molecular weight excluding hydrogens is 272 g/mol. The summed E-state index contributed by atoms with van der Waals surface area (Å²) in [7, 11) is 1.67. The summed E-state index contributed by atoms with van der Waals surface area (Å²) in [5.74, 6) is 1.24. The molecular formula is C19H34N2O. The predicted molar refractivity (Wildman–Crippen MR) is 95.5 cm³/mol. The van der Waals surface area contributed by atoms with E-state index in [4.69, 9.17) is 10.5 Å². The van der Waals surface area contributed by atoms with Crippen LogP contribution in [0.25, 0.3) is 0 Å². The molecule has 1 unspecified atom stereocenters. The van der Waals surface area contributed by atoms with Crippen LogP contribution >= 0.6 is 0 Å². The first-order chi connectivity index (χ1) is 10.7. The summed E-state index contributed by atoms with van der Waals surface area (Å²) in [6.07, 6.45) is 14.6. The van der Waals surface area contributed by atoms with Crippen molar-refractivity contribution in [2.24, 2.45) is 0 Å². The maximum Gasteiger partial charge on any atom is 0.145 e. The third kappa shape index (κ3) is 6.25. The van der Waals surface area contributed by atoms with Gasteiger partial charge < -0.3 is 10.5 Å². The van der Waals surface area contributed by atoms with E-state index in [-0.39, 0.29) is 0 Å². The second kappa shape index (κ2) is 11.3. The Bertz CT molecular complexity index is 406. The monoisotopic (exact) mass is 306 g/mol. The van der Waals surface area contributed by atoms with Gasteiger partial charge in [0, 0.05) is 18.2 Å². The number of hydrogen-bond acceptors (Lipinski definition) is 3. The lowest BCUT2D eigenvalue weighted by molar-refractivity contribution is 0.414. The Labute approximate surface area is 136 Å². The minimum absolute atomic E-state index is 0.475. The Morgan fingerprint density at radius 1 is 1.00 bits per heavy atom. The number of hydrogen-bond donors (Lipinski definition) is 1. The molecule has 0 saturated heterocycles. The van der Waals surface area contributed by atoms with Crippen molar-refractivity contribution >= 4 is 5.69 Å². The van der Waals surface area contributed by atoms with Crippen LogP contribution in [0.15, 0.2) is 12.3 Å². The van der Waals surface area contributed by atoms with Crippen LogP contribution in [0.1, 0.15) is 89.7 Å². The molecule has 0 bridgehead atoms. The number of nitrogen functional groups attached to an aromatic ring is 1. The summed E-state index contributed by atoms with van der Waals surface area (Å²) < 4.78 is 5.35. The van der Waals surface area contributed by atoms with Crippen molar-refractivity contribution in [2.45, 2.75) is 84.0 Å². The highest BCUT2D eigenvalue weighted by molar-refractivity contribution is 5.56. The van der Waals surface area contributed by atoms with Gasteiger partial charge in [-0.25, -0.2) is 0 Å². The normalized spacial score (nSPS) is 12.3. The quantitative estimate of drug-likeness (QED) is 0.504. The van der Waals surface area contributed by atoms with Gasteiger partial charge in [0.2, 0.25) is 0 Å². The molecule has 1 atom stereocenters. The Morgan fingerprint density at radius 2 is 1.59 bits per heavy atom. The van der Waals surface area contributed by atoms with E-state index < -0.39 is 0 Å². The molecule has 1 rings (SSSR count). The van der Waals surface area contributed by atoms with Crippen molar-refractivity contribution in [2.75, 3.05) is 12.8 Å². The summed E-state index contributed by atoms with van der Waals surface area (Å²) >= 11 is 0. The second-order valence-electron chi connectivity index (χ2n) is 6.21. The molecule has 126 valence electrons. The lowest BCUT2D eigenvalue weighted by Gasteiger charge is -2.19. The summed E-state index contributed by atoms with van der Waals surface area (Å²) in [5.41, 5.74) is 8.05. The van der Waals surface area contributed by atoms with Gasteiger partial charge in [-0.2, -0.15) is 0 Å². The Balaban J connectivity index is 2.67. The molecule has 0 aliphatic rings. The number of nitrogens with two attached hydrogens (primary N) is 1. The van der Waals surface area contributed by atoms with Crippen molar-refractivity contribution in [1.82, 2.24) is 4.98 Å². The van der Waals surface area contributed by atoms with E-state index >= 15 is 0 Å². The number of anilines is 1. The fourth-order valence-corrected chi connectivity index (χ4v) is 3.03. The Morgan fingerprint density at radius 3 is 2.23 bits per heavy atom. The first-order valence-electron chi connectivity index (χ1n) is 9.02. The van der Waals surface area contributed by atoms with E-state index in [0.717, 1.165) is 17.1 Å². The van der Waals surface area contributed by atoms with Crippen molar-refractivity contribution in [3.05, 3.63) is 18.0 Å². The Kier molecular flexibility index (Phi) is 9.69. The number of nitrogens with zero attached hydrogens (tertiary/aromatic N) is 1.